The van der Waals surface area contributed by atoms with Crippen molar-refractivity contribution in [2.24, 2.45) is 5.41 Å². The summed E-state index contributed by atoms with van der Waals surface area (Å²) in [5, 5.41) is 9.10. The van der Waals surface area contributed by atoms with Gasteiger partial charge in [-0.05, 0) is 31.4 Å². The van der Waals surface area contributed by atoms with Crippen LogP contribution in [0.2, 0.25) is 0 Å². The molecule has 4 heteroatoms. The third-order valence-electron chi connectivity index (χ3n) is 3.60. The lowest BCUT2D eigenvalue weighted by atomic mass is 9.69. The van der Waals surface area contributed by atoms with Crippen LogP contribution in [0.1, 0.15) is 25.7 Å². The molecule has 2 rings (SSSR count). The monoisotopic (exact) mass is 224 g/mol. The summed E-state index contributed by atoms with van der Waals surface area (Å²) in [7, 11) is 1.86. The second-order valence-corrected chi connectivity index (χ2v) is 5.63. The zero-order valence-electron chi connectivity index (χ0n) is 9.03. The lowest BCUT2D eigenvalue weighted by molar-refractivity contribution is -0.143. The van der Waals surface area contributed by atoms with Gasteiger partial charge in [0.1, 0.15) is 5.41 Å². The zero-order chi connectivity index (χ0) is 10.9. The molecular weight excluding hydrogens is 208 g/mol. The molecule has 82 valence electrons. The minimum Gasteiger partial charge on any atom is -0.341 e. The van der Waals surface area contributed by atoms with Gasteiger partial charge in [0, 0.05) is 18.8 Å². The number of carbonyl (C=O) groups excluding carboxylic acids is 1. The van der Waals surface area contributed by atoms with Crippen molar-refractivity contribution in [3.05, 3.63) is 0 Å². The van der Waals surface area contributed by atoms with Crippen LogP contribution in [0.15, 0.2) is 0 Å². The van der Waals surface area contributed by atoms with Crippen LogP contribution >= 0.6 is 11.8 Å². The fraction of sp³-hybridized carbons (Fsp3) is 0.818. The van der Waals surface area contributed by atoms with E-state index in [0.29, 0.717) is 6.04 Å². The Hall–Kier alpha value is -0.690. The van der Waals surface area contributed by atoms with Crippen LogP contribution in [0.3, 0.4) is 0 Å². The van der Waals surface area contributed by atoms with Crippen LogP contribution in [0.25, 0.3) is 0 Å². The van der Waals surface area contributed by atoms with Gasteiger partial charge in [0.05, 0.1) is 6.07 Å². The minimum atomic E-state index is -0.665. The summed E-state index contributed by atoms with van der Waals surface area (Å²) in [5.74, 6) is 2.23. The number of thioether (sulfide) groups is 1. The van der Waals surface area contributed by atoms with Crippen LogP contribution < -0.4 is 0 Å². The molecule has 1 aliphatic heterocycles. The highest BCUT2D eigenvalue weighted by Crippen LogP contribution is 2.42. The molecule has 1 amide bonds. The standard InChI is InChI=1S/C11H16N2OS/c1-13(9-3-6-15-7-9)10(14)11(8-12)4-2-5-11/h9H,2-7H2,1H3. The number of hydrogen-bond donors (Lipinski definition) is 0. The maximum atomic E-state index is 12.2. The van der Waals surface area contributed by atoms with Crippen molar-refractivity contribution < 1.29 is 4.79 Å². The summed E-state index contributed by atoms with van der Waals surface area (Å²) in [6.07, 6.45) is 3.61. The maximum absolute atomic E-state index is 12.2. The normalized spacial score (nSPS) is 27.9. The van der Waals surface area contributed by atoms with Crippen LogP contribution in [-0.2, 0) is 4.79 Å². The molecule has 2 fully saturated rings. The van der Waals surface area contributed by atoms with Crippen molar-refractivity contribution in [3.8, 4) is 6.07 Å². The molecule has 0 spiro atoms. The number of nitriles is 1. The lowest BCUT2D eigenvalue weighted by Crippen LogP contribution is -2.49. The van der Waals surface area contributed by atoms with Gasteiger partial charge in [-0.3, -0.25) is 4.79 Å². The third-order valence-corrected chi connectivity index (χ3v) is 4.75. The number of rotatable bonds is 2. The van der Waals surface area contributed by atoms with Crippen LogP contribution in [-0.4, -0.2) is 35.4 Å². The molecule has 0 bridgehead atoms. The molecule has 1 heterocycles. The van der Waals surface area contributed by atoms with Gasteiger partial charge in [0.15, 0.2) is 0 Å². The van der Waals surface area contributed by atoms with Crippen molar-refractivity contribution in [2.45, 2.75) is 31.7 Å². The van der Waals surface area contributed by atoms with E-state index in [1.165, 1.54) is 0 Å². The molecule has 0 aromatic carbocycles. The molecule has 15 heavy (non-hydrogen) atoms. The average Bonchev–Trinajstić information content (AvgIpc) is 2.68. The number of amides is 1. The maximum Gasteiger partial charge on any atom is 0.243 e. The molecule has 3 nitrogen and oxygen atoms in total. The van der Waals surface area contributed by atoms with Crippen molar-refractivity contribution in [1.29, 1.82) is 5.26 Å². The molecule has 1 saturated heterocycles. The van der Waals surface area contributed by atoms with Crippen LogP contribution in [0.4, 0.5) is 0 Å². The largest absolute Gasteiger partial charge is 0.341 e. The van der Waals surface area contributed by atoms with E-state index in [0.717, 1.165) is 37.2 Å². The highest BCUT2D eigenvalue weighted by Gasteiger charge is 2.47. The first-order valence-corrected chi connectivity index (χ1v) is 6.61. The third kappa shape index (κ3) is 1.74. The summed E-state index contributed by atoms with van der Waals surface area (Å²) in [6, 6.07) is 2.58. The molecule has 0 N–H and O–H groups in total. The Balaban J connectivity index is 2.03. The van der Waals surface area contributed by atoms with E-state index in [2.05, 4.69) is 6.07 Å². The van der Waals surface area contributed by atoms with Gasteiger partial charge in [-0.2, -0.15) is 17.0 Å². The lowest BCUT2D eigenvalue weighted by Gasteiger charge is -2.38. The van der Waals surface area contributed by atoms with Gasteiger partial charge in [-0.25, -0.2) is 0 Å². The van der Waals surface area contributed by atoms with E-state index in [9.17, 15) is 4.79 Å². The minimum absolute atomic E-state index is 0.0590. The topological polar surface area (TPSA) is 44.1 Å². The van der Waals surface area contributed by atoms with Crippen molar-refractivity contribution in [3.63, 3.8) is 0 Å². The van der Waals surface area contributed by atoms with Crippen molar-refractivity contribution in [1.82, 2.24) is 4.90 Å². The molecule has 0 radical (unpaired) electrons. The summed E-state index contributed by atoms with van der Waals surface area (Å²) in [5.41, 5.74) is -0.665. The van der Waals surface area contributed by atoms with Gasteiger partial charge in [0.2, 0.25) is 5.91 Å². The Morgan fingerprint density at radius 2 is 2.33 bits per heavy atom. The van der Waals surface area contributed by atoms with Gasteiger partial charge >= 0.3 is 0 Å². The summed E-state index contributed by atoms with van der Waals surface area (Å²) in [6.45, 7) is 0. The Morgan fingerprint density at radius 3 is 2.73 bits per heavy atom. The fourth-order valence-electron chi connectivity index (χ4n) is 2.23. The van der Waals surface area contributed by atoms with Crippen molar-refractivity contribution in [2.75, 3.05) is 18.6 Å². The smallest absolute Gasteiger partial charge is 0.243 e. The Labute approximate surface area is 94.8 Å². The molecule has 1 unspecified atom stereocenters. The second-order valence-electron chi connectivity index (χ2n) is 4.48. The van der Waals surface area contributed by atoms with E-state index in [1.54, 1.807) is 0 Å². The SMILES string of the molecule is CN(C(=O)C1(C#N)CCC1)C1CCSC1. The molecule has 1 atom stereocenters. The molecule has 0 aromatic heterocycles. The Morgan fingerprint density at radius 1 is 1.60 bits per heavy atom. The summed E-state index contributed by atoms with van der Waals surface area (Å²) >= 11 is 1.89. The van der Waals surface area contributed by atoms with E-state index in [-0.39, 0.29) is 5.91 Å². The predicted octanol–water partition coefficient (Wildman–Crippen LogP) is 1.64. The van der Waals surface area contributed by atoms with Gasteiger partial charge in [-0.1, -0.05) is 0 Å². The van der Waals surface area contributed by atoms with E-state index >= 15 is 0 Å². The van der Waals surface area contributed by atoms with E-state index in [1.807, 2.05) is 23.7 Å². The summed E-state index contributed by atoms with van der Waals surface area (Å²) in [4.78, 5) is 14.0. The predicted molar refractivity (Wildman–Crippen MR) is 60.4 cm³/mol. The van der Waals surface area contributed by atoms with Crippen LogP contribution in [0.5, 0.6) is 0 Å². The van der Waals surface area contributed by atoms with Gasteiger partial charge in [-0.15, -0.1) is 0 Å². The number of carbonyl (C=O) groups is 1. The number of hydrogen-bond acceptors (Lipinski definition) is 3. The zero-order valence-corrected chi connectivity index (χ0v) is 9.85. The van der Waals surface area contributed by atoms with Crippen LogP contribution in [0, 0.1) is 16.7 Å². The van der Waals surface area contributed by atoms with E-state index in [4.69, 9.17) is 5.26 Å². The van der Waals surface area contributed by atoms with Crippen molar-refractivity contribution >= 4 is 17.7 Å². The molecular formula is C11H16N2OS. The first-order chi connectivity index (χ1) is 7.19. The highest BCUT2D eigenvalue weighted by atomic mass is 32.2. The molecule has 1 saturated carbocycles. The quantitative estimate of drug-likeness (QED) is 0.716. The Kier molecular flexibility index (Phi) is 2.92. The van der Waals surface area contributed by atoms with Gasteiger partial charge in [0.25, 0.3) is 0 Å². The molecule has 0 aromatic rings. The van der Waals surface area contributed by atoms with Gasteiger partial charge < -0.3 is 4.90 Å². The first kappa shape index (κ1) is 10.8. The highest BCUT2D eigenvalue weighted by molar-refractivity contribution is 7.99. The fourth-order valence-corrected chi connectivity index (χ4v) is 3.50. The summed E-state index contributed by atoms with van der Waals surface area (Å²) < 4.78 is 0. The Bertz CT molecular complexity index is 300. The van der Waals surface area contributed by atoms with E-state index < -0.39 is 5.41 Å². The average molecular weight is 224 g/mol. The number of nitrogens with zero attached hydrogens (tertiary/aromatic N) is 2. The second kappa shape index (κ2) is 4.05. The molecule has 1 aliphatic carbocycles. The first-order valence-electron chi connectivity index (χ1n) is 5.46. The molecule has 2 aliphatic rings.